The van der Waals surface area contributed by atoms with Crippen LogP contribution in [0.3, 0.4) is 0 Å². The molecule has 0 bridgehead atoms. The molecular formula is C22H25N5O. The van der Waals surface area contributed by atoms with Crippen molar-refractivity contribution in [3.05, 3.63) is 52.8 Å². The molecule has 0 fully saturated rings. The Morgan fingerprint density at radius 2 is 2.04 bits per heavy atom. The average Bonchev–Trinajstić information content (AvgIpc) is 3.13. The maximum absolute atomic E-state index is 12.3. The summed E-state index contributed by atoms with van der Waals surface area (Å²) in [7, 11) is 0. The molecule has 2 aromatic rings. The van der Waals surface area contributed by atoms with Gasteiger partial charge in [-0.15, -0.1) is 12.3 Å². The van der Waals surface area contributed by atoms with Gasteiger partial charge in [-0.25, -0.2) is 14.8 Å². The van der Waals surface area contributed by atoms with Crippen molar-refractivity contribution in [2.75, 3.05) is 18.4 Å². The van der Waals surface area contributed by atoms with Crippen molar-refractivity contribution in [1.29, 1.82) is 0 Å². The van der Waals surface area contributed by atoms with E-state index in [-0.39, 0.29) is 6.03 Å². The SMILES string of the molecule is C#CCCCNC(=O)N1CCc2nc(NC3Cc4ccccc4C3)ncc2C1. The summed E-state index contributed by atoms with van der Waals surface area (Å²) >= 11 is 0. The van der Waals surface area contributed by atoms with Gasteiger partial charge in [0.2, 0.25) is 5.95 Å². The van der Waals surface area contributed by atoms with E-state index in [9.17, 15) is 4.79 Å². The Morgan fingerprint density at radius 3 is 2.79 bits per heavy atom. The highest BCUT2D eigenvalue weighted by molar-refractivity contribution is 5.74. The Bertz CT molecular complexity index is 879. The molecule has 0 saturated heterocycles. The lowest BCUT2D eigenvalue weighted by Gasteiger charge is -2.28. The number of carbonyl (C=O) groups is 1. The molecule has 0 radical (unpaired) electrons. The molecule has 4 rings (SSSR count). The van der Waals surface area contributed by atoms with Crippen LogP contribution in [0.2, 0.25) is 0 Å². The smallest absolute Gasteiger partial charge is 0.317 e. The van der Waals surface area contributed by atoms with Gasteiger partial charge in [0, 0.05) is 43.7 Å². The van der Waals surface area contributed by atoms with Gasteiger partial charge in [-0.05, 0) is 30.4 Å². The molecule has 6 heteroatoms. The first kappa shape index (κ1) is 18.3. The number of unbranched alkanes of at least 4 members (excludes halogenated alkanes) is 1. The first-order valence-electron chi connectivity index (χ1n) is 9.87. The standard InChI is InChI=1S/C22H25N5O/c1-2-3-6-10-23-22(28)27-11-9-20-18(15-27)14-24-21(26-20)25-19-12-16-7-4-5-8-17(16)13-19/h1,4-5,7-8,14,19H,3,6,9-13,15H2,(H,23,28)(H,24,25,26). The number of anilines is 1. The fourth-order valence-corrected chi connectivity index (χ4v) is 3.90. The van der Waals surface area contributed by atoms with Gasteiger partial charge in [-0.1, -0.05) is 24.3 Å². The number of carbonyl (C=O) groups excluding carboxylic acids is 1. The molecule has 1 aliphatic heterocycles. The van der Waals surface area contributed by atoms with E-state index >= 15 is 0 Å². The molecular weight excluding hydrogens is 350 g/mol. The fraction of sp³-hybridized carbons (Fsp3) is 0.409. The van der Waals surface area contributed by atoms with E-state index in [2.05, 4.69) is 45.8 Å². The summed E-state index contributed by atoms with van der Waals surface area (Å²) < 4.78 is 0. The molecule has 28 heavy (non-hydrogen) atoms. The Hall–Kier alpha value is -3.07. The van der Waals surface area contributed by atoms with E-state index in [0.29, 0.717) is 38.0 Å². The van der Waals surface area contributed by atoms with Crippen LogP contribution in [0.25, 0.3) is 0 Å². The Kier molecular flexibility index (Phi) is 5.43. The van der Waals surface area contributed by atoms with E-state index in [1.54, 1.807) is 0 Å². The number of terminal acetylenes is 1. The lowest BCUT2D eigenvalue weighted by Crippen LogP contribution is -2.43. The van der Waals surface area contributed by atoms with Gasteiger partial charge in [0.15, 0.2) is 0 Å². The molecule has 144 valence electrons. The van der Waals surface area contributed by atoms with Crippen LogP contribution in [-0.2, 0) is 25.8 Å². The number of aromatic nitrogens is 2. The van der Waals surface area contributed by atoms with Gasteiger partial charge in [-0.2, -0.15) is 0 Å². The quantitative estimate of drug-likeness (QED) is 0.622. The van der Waals surface area contributed by atoms with Crippen molar-refractivity contribution in [1.82, 2.24) is 20.2 Å². The molecule has 2 aliphatic rings. The van der Waals surface area contributed by atoms with Crippen LogP contribution in [0.4, 0.5) is 10.7 Å². The van der Waals surface area contributed by atoms with E-state index in [1.165, 1.54) is 11.1 Å². The lowest BCUT2D eigenvalue weighted by atomic mass is 10.1. The summed E-state index contributed by atoms with van der Waals surface area (Å²) in [4.78, 5) is 23.3. The van der Waals surface area contributed by atoms with E-state index in [1.807, 2.05) is 11.1 Å². The van der Waals surface area contributed by atoms with Gasteiger partial charge in [0.1, 0.15) is 0 Å². The molecule has 0 unspecified atom stereocenters. The number of hydrogen-bond donors (Lipinski definition) is 2. The van der Waals surface area contributed by atoms with Crippen molar-refractivity contribution >= 4 is 12.0 Å². The minimum Gasteiger partial charge on any atom is -0.351 e. The zero-order valence-corrected chi connectivity index (χ0v) is 15.9. The summed E-state index contributed by atoms with van der Waals surface area (Å²) in [5, 5.41) is 6.41. The number of urea groups is 1. The topological polar surface area (TPSA) is 70.2 Å². The largest absolute Gasteiger partial charge is 0.351 e. The highest BCUT2D eigenvalue weighted by atomic mass is 16.2. The third kappa shape index (κ3) is 4.09. The second kappa shape index (κ2) is 8.30. The first-order chi connectivity index (χ1) is 13.7. The zero-order chi connectivity index (χ0) is 19.3. The second-order valence-corrected chi connectivity index (χ2v) is 7.39. The van der Waals surface area contributed by atoms with Crippen LogP contribution in [0.15, 0.2) is 30.5 Å². The third-order valence-electron chi connectivity index (χ3n) is 5.38. The number of fused-ring (bicyclic) bond motifs is 2. The molecule has 1 aromatic heterocycles. The Labute approximate surface area is 165 Å². The van der Waals surface area contributed by atoms with Crippen molar-refractivity contribution in [3.8, 4) is 12.3 Å². The summed E-state index contributed by atoms with van der Waals surface area (Å²) in [6, 6.07) is 8.85. The third-order valence-corrected chi connectivity index (χ3v) is 5.38. The van der Waals surface area contributed by atoms with Gasteiger partial charge in [-0.3, -0.25) is 0 Å². The van der Waals surface area contributed by atoms with Crippen LogP contribution in [0.1, 0.15) is 35.2 Å². The minimum atomic E-state index is -0.0476. The number of benzene rings is 1. The predicted molar refractivity (Wildman–Crippen MR) is 109 cm³/mol. The molecule has 1 aliphatic carbocycles. The van der Waals surface area contributed by atoms with Crippen LogP contribution in [0.5, 0.6) is 0 Å². The van der Waals surface area contributed by atoms with Gasteiger partial charge in [0.25, 0.3) is 0 Å². The van der Waals surface area contributed by atoms with Crippen molar-refractivity contribution in [2.24, 2.45) is 0 Å². The number of hydrogen-bond acceptors (Lipinski definition) is 4. The van der Waals surface area contributed by atoms with Crippen LogP contribution in [-0.4, -0.2) is 40.0 Å². The van der Waals surface area contributed by atoms with Crippen LogP contribution < -0.4 is 10.6 Å². The number of nitrogens with one attached hydrogen (secondary N) is 2. The second-order valence-electron chi connectivity index (χ2n) is 7.39. The van der Waals surface area contributed by atoms with E-state index in [4.69, 9.17) is 11.4 Å². The normalized spacial score (nSPS) is 15.5. The van der Waals surface area contributed by atoms with E-state index < -0.39 is 0 Å². The summed E-state index contributed by atoms with van der Waals surface area (Å²) in [5.74, 6) is 3.27. The highest BCUT2D eigenvalue weighted by Gasteiger charge is 2.24. The molecule has 0 saturated carbocycles. The van der Waals surface area contributed by atoms with Crippen molar-refractivity contribution in [2.45, 2.75) is 44.7 Å². The Morgan fingerprint density at radius 1 is 1.25 bits per heavy atom. The monoisotopic (exact) mass is 375 g/mol. The van der Waals surface area contributed by atoms with Gasteiger partial charge in [0.05, 0.1) is 12.2 Å². The van der Waals surface area contributed by atoms with Crippen molar-refractivity contribution < 1.29 is 4.79 Å². The average molecular weight is 375 g/mol. The number of rotatable bonds is 5. The lowest BCUT2D eigenvalue weighted by molar-refractivity contribution is 0.192. The van der Waals surface area contributed by atoms with E-state index in [0.717, 1.165) is 36.9 Å². The van der Waals surface area contributed by atoms with Crippen LogP contribution in [0, 0.1) is 12.3 Å². The van der Waals surface area contributed by atoms with Crippen molar-refractivity contribution in [3.63, 3.8) is 0 Å². The van der Waals surface area contributed by atoms with Gasteiger partial charge >= 0.3 is 6.03 Å². The molecule has 2 N–H and O–H groups in total. The zero-order valence-electron chi connectivity index (χ0n) is 15.9. The van der Waals surface area contributed by atoms with Crippen LogP contribution >= 0.6 is 0 Å². The predicted octanol–water partition coefficient (Wildman–Crippen LogP) is 2.54. The molecule has 2 heterocycles. The Balaban J connectivity index is 1.33. The molecule has 0 spiro atoms. The van der Waals surface area contributed by atoms with Gasteiger partial charge < -0.3 is 15.5 Å². The molecule has 1 aromatic carbocycles. The number of amides is 2. The first-order valence-corrected chi connectivity index (χ1v) is 9.87. The minimum absolute atomic E-state index is 0.0476. The maximum Gasteiger partial charge on any atom is 0.317 e. The summed E-state index contributed by atoms with van der Waals surface area (Å²) in [5.41, 5.74) is 4.86. The highest BCUT2D eigenvalue weighted by Crippen LogP contribution is 2.24. The summed E-state index contributed by atoms with van der Waals surface area (Å²) in [6.07, 6.45) is 11.3. The maximum atomic E-state index is 12.3. The summed E-state index contributed by atoms with van der Waals surface area (Å²) in [6.45, 7) is 1.82. The molecule has 0 atom stereocenters. The number of nitrogens with zero attached hydrogens (tertiary/aromatic N) is 3. The fourth-order valence-electron chi connectivity index (χ4n) is 3.90. The molecule has 2 amide bonds. The molecule has 6 nitrogen and oxygen atoms in total.